The maximum absolute atomic E-state index is 4.98. The minimum atomic E-state index is 0. The van der Waals surface area contributed by atoms with Gasteiger partial charge >= 0.3 is 16.5 Å². The number of rotatable bonds is 4. The fourth-order valence-electron chi connectivity index (χ4n) is 1.31. The van der Waals surface area contributed by atoms with Crippen LogP contribution in [0.5, 0.6) is 0 Å². The first-order valence-electron chi connectivity index (χ1n) is 6.61. The number of nitrogens with zero attached hydrogens (tertiary/aromatic N) is 4. The molecule has 0 fully saturated rings. The monoisotopic (exact) mass is 454 g/mol. The number of thioether (sulfide) groups is 2. The quantitative estimate of drug-likeness (QED) is 0.181. The van der Waals surface area contributed by atoms with E-state index < -0.39 is 0 Å². The summed E-state index contributed by atoms with van der Waals surface area (Å²) in [6.45, 7) is 0. The maximum atomic E-state index is 4.98. The molecule has 6 nitrogen and oxygen atoms in total. The molecule has 0 radical (unpaired) electrons. The van der Waals surface area contributed by atoms with Gasteiger partial charge in [-0.15, -0.1) is 23.5 Å². The summed E-state index contributed by atoms with van der Waals surface area (Å²) in [6.07, 6.45) is 3.50. The van der Waals surface area contributed by atoms with E-state index in [0.29, 0.717) is 8.75 Å². The van der Waals surface area contributed by atoms with Crippen LogP contribution in [0.4, 0.5) is 0 Å². The zero-order valence-corrected chi connectivity index (χ0v) is 17.2. The van der Waals surface area contributed by atoms with Gasteiger partial charge in [0, 0.05) is 23.9 Å². The Hall–Kier alpha value is -1.13. The second-order valence-corrected chi connectivity index (χ2v) is 7.23. The van der Waals surface area contributed by atoms with Crippen molar-refractivity contribution in [3.63, 3.8) is 0 Å². The van der Waals surface area contributed by atoms with E-state index in [1.165, 1.54) is 23.5 Å². The Labute approximate surface area is 176 Å². The molecular weight excluding hydrogens is 439 g/mol. The molecule has 136 valence electrons. The van der Waals surface area contributed by atoms with E-state index >= 15 is 0 Å². The summed E-state index contributed by atoms with van der Waals surface area (Å²) in [5, 5.41) is 6.74. The molecular formula is C14H16N6NiS4. The molecule has 0 saturated carbocycles. The first kappa shape index (κ1) is 23.9. The van der Waals surface area contributed by atoms with E-state index in [1.807, 2.05) is 36.4 Å². The van der Waals surface area contributed by atoms with Gasteiger partial charge in [0.15, 0.2) is 0 Å². The third-order valence-corrected chi connectivity index (χ3v) is 4.85. The van der Waals surface area contributed by atoms with Crippen molar-refractivity contribution in [2.75, 3.05) is 0 Å². The zero-order chi connectivity index (χ0) is 17.6. The van der Waals surface area contributed by atoms with Crippen LogP contribution in [0.2, 0.25) is 0 Å². The molecule has 11 heteroatoms. The molecule has 2 aromatic rings. The molecule has 0 aliphatic carbocycles. The number of hydrazone groups is 2. The van der Waals surface area contributed by atoms with Crippen LogP contribution in [0, 0.1) is 0 Å². The van der Waals surface area contributed by atoms with Crippen LogP contribution in [0.15, 0.2) is 59.0 Å². The van der Waals surface area contributed by atoms with Crippen LogP contribution in [0.25, 0.3) is 0 Å². The molecule has 0 aliphatic heterocycles. The fraction of sp³-hybridized carbons (Fsp3) is 0.143. The summed E-state index contributed by atoms with van der Waals surface area (Å²) in [7, 11) is 0. The number of pyridine rings is 2. The third kappa shape index (κ3) is 12.0. The molecule has 0 aromatic carbocycles. The van der Waals surface area contributed by atoms with Gasteiger partial charge in [-0.1, -0.05) is 12.1 Å². The molecule has 2 aromatic heterocycles. The van der Waals surface area contributed by atoms with Crippen molar-refractivity contribution in [3.05, 3.63) is 60.2 Å². The first-order valence-corrected chi connectivity index (χ1v) is 9.39. The van der Waals surface area contributed by atoms with Crippen LogP contribution in [-0.2, 0) is 53.3 Å². The van der Waals surface area contributed by atoms with Gasteiger partial charge in [-0.2, -0.15) is 0 Å². The Morgan fingerprint density at radius 2 is 1.24 bits per heavy atom. The molecule has 0 spiro atoms. The van der Waals surface area contributed by atoms with Crippen LogP contribution in [0.3, 0.4) is 0 Å². The second-order valence-electron chi connectivity index (χ2n) is 4.01. The molecule has 0 unspecified atom stereocenters. The summed E-state index contributed by atoms with van der Waals surface area (Å²) in [6, 6.07) is 11.5. The zero-order valence-electron chi connectivity index (χ0n) is 12.9. The van der Waals surface area contributed by atoms with Gasteiger partial charge in [-0.05, 0) is 33.0 Å². The van der Waals surface area contributed by atoms with Gasteiger partial charge < -0.3 is 36.9 Å². The SMILES string of the molecule is N/N=C(\[S-])SCc1ccccn1.N/N=C(\[S-])SCc1ccccn1.[Ni+2]. The van der Waals surface area contributed by atoms with Gasteiger partial charge in [0.05, 0.1) is 11.4 Å². The van der Waals surface area contributed by atoms with Gasteiger partial charge in [-0.25, -0.2) is 10.2 Å². The van der Waals surface area contributed by atoms with Crippen molar-refractivity contribution in [1.29, 1.82) is 0 Å². The second kappa shape index (κ2) is 15.2. The van der Waals surface area contributed by atoms with Crippen molar-refractivity contribution >= 4 is 57.5 Å². The van der Waals surface area contributed by atoms with Crippen molar-refractivity contribution < 1.29 is 16.5 Å². The molecule has 25 heavy (non-hydrogen) atoms. The Kier molecular flexibility index (Phi) is 14.5. The van der Waals surface area contributed by atoms with E-state index in [0.717, 1.165) is 22.9 Å². The van der Waals surface area contributed by atoms with Gasteiger partial charge in [-0.3, -0.25) is 9.97 Å². The number of hydrogen-bond donors (Lipinski definition) is 2. The standard InChI is InChI=1S/2C7H9N3S2.Ni/c2*8-10-7(11)12-5-6-3-1-2-4-9-6;/h2*1-4H,5,8H2,(H,10,11);/q;;+2/p-2. The van der Waals surface area contributed by atoms with Crippen molar-refractivity contribution in [1.82, 2.24) is 9.97 Å². The molecule has 0 bridgehead atoms. The summed E-state index contributed by atoms with van der Waals surface area (Å²) in [5.41, 5.74) is 1.96. The van der Waals surface area contributed by atoms with Crippen LogP contribution < -0.4 is 11.7 Å². The number of aromatic nitrogens is 2. The fourth-order valence-corrected chi connectivity index (χ4v) is 2.70. The predicted molar refractivity (Wildman–Crippen MR) is 109 cm³/mol. The average molecular weight is 455 g/mol. The average Bonchev–Trinajstić information content (AvgIpc) is 2.66. The maximum Gasteiger partial charge on any atom is 2.00 e. The molecule has 0 saturated heterocycles. The third-order valence-electron chi connectivity index (χ3n) is 2.35. The largest absolute Gasteiger partial charge is 2.00 e. The molecule has 0 amide bonds. The van der Waals surface area contributed by atoms with E-state index in [2.05, 4.69) is 20.2 Å². The molecule has 0 aliphatic rings. The first-order chi connectivity index (χ1) is 11.7. The van der Waals surface area contributed by atoms with Gasteiger partial charge in [0.2, 0.25) is 0 Å². The van der Waals surface area contributed by atoms with E-state index in [1.54, 1.807) is 12.4 Å². The van der Waals surface area contributed by atoms with E-state index in [-0.39, 0.29) is 16.5 Å². The van der Waals surface area contributed by atoms with E-state index in [4.69, 9.17) is 36.9 Å². The van der Waals surface area contributed by atoms with Crippen molar-refractivity contribution in [3.8, 4) is 0 Å². The Balaban J connectivity index is 0.000000443. The van der Waals surface area contributed by atoms with Gasteiger partial charge in [0.1, 0.15) is 0 Å². The minimum absolute atomic E-state index is 0. The molecule has 4 N–H and O–H groups in total. The summed E-state index contributed by atoms with van der Waals surface area (Å²) in [5.74, 6) is 11.4. The van der Waals surface area contributed by atoms with E-state index in [9.17, 15) is 0 Å². The number of hydrogen-bond acceptors (Lipinski definition) is 10. The Morgan fingerprint density at radius 1 is 0.840 bits per heavy atom. The normalized spacial score (nSPS) is 11.0. The van der Waals surface area contributed by atoms with Crippen LogP contribution in [-0.4, -0.2) is 18.7 Å². The van der Waals surface area contributed by atoms with Crippen LogP contribution in [0.1, 0.15) is 11.4 Å². The summed E-state index contributed by atoms with van der Waals surface area (Å²) >= 11 is 12.4. The summed E-state index contributed by atoms with van der Waals surface area (Å²) < 4.78 is 0.918. The van der Waals surface area contributed by atoms with Crippen molar-refractivity contribution in [2.45, 2.75) is 11.5 Å². The van der Waals surface area contributed by atoms with Crippen molar-refractivity contribution in [2.24, 2.45) is 21.9 Å². The topological polar surface area (TPSA) is 103 Å². The molecule has 0 atom stereocenters. The minimum Gasteiger partial charge on any atom is -0.752 e. The van der Waals surface area contributed by atoms with Gasteiger partial charge in [0.25, 0.3) is 0 Å². The number of nitrogens with two attached hydrogens (primary N) is 2. The summed E-state index contributed by atoms with van der Waals surface area (Å²) in [4.78, 5) is 8.24. The van der Waals surface area contributed by atoms with Crippen LogP contribution >= 0.6 is 23.5 Å². The molecule has 2 rings (SSSR count). The molecule has 2 heterocycles. The Morgan fingerprint density at radius 3 is 1.52 bits per heavy atom. The Bertz CT molecular complexity index is 585. The predicted octanol–water partition coefficient (Wildman–Crippen LogP) is 2.18. The smallest absolute Gasteiger partial charge is 0.752 e.